The maximum Gasteiger partial charge on any atom is 0.104 e. The molecule has 1 aliphatic rings. The van der Waals surface area contributed by atoms with Gasteiger partial charge in [0.2, 0.25) is 0 Å². The van der Waals surface area contributed by atoms with Gasteiger partial charge in [-0.2, -0.15) is 18.6 Å². The van der Waals surface area contributed by atoms with E-state index in [1.807, 2.05) is 6.07 Å². The van der Waals surface area contributed by atoms with Crippen LogP contribution >= 0.6 is 0 Å². The molecule has 0 aliphatic heterocycles. The molecule has 4 heteroatoms. The van der Waals surface area contributed by atoms with Gasteiger partial charge in [-0.25, -0.2) is 0 Å². The van der Waals surface area contributed by atoms with E-state index in [9.17, 15) is 5.11 Å². The van der Waals surface area contributed by atoms with Gasteiger partial charge in [0.05, 0.1) is 12.4 Å². The standard InChI is InChI=1S/C21H24NO2.W/c1-16-6-4-11-20(21(16)23)24-13-12-22-15-17-7-5-10-19(14-17)18-8-2-3-9-18;/h4-8,10-11,14,22-23H,1-3,9,12-13,15H2;/q-1;. The van der Waals surface area contributed by atoms with E-state index in [4.69, 9.17) is 4.74 Å². The van der Waals surface area contributed by atoms with Gasteiger partial charge >= 0.3 is 0 Å². The molecule has 0 amide bonds. The van der Waals surface area contributed by atoms with E-state index >= 15 is 0 Å². The summed E-state index contributed by atoms with van der Waals surface area (Å²) in [7, 11) is 0. The molecule has 3 nitrogen and oxygen atoms in total. The van der Waals surface area contributed by atoms with Crippen molar-refractivity contribution in [2.75, 3.05) is 13.2 Å². The van der Waals surface area contributed by atoms with Crippen molar-refractivity contribution in [3.63, 3.8) is 0 Å². The van der Waals surface area contributed by atoms with Gasteiger partial charge in [-0.15, -0.1) is 6.07 Å². The molecule has 2 N–H and O–H groups in total. The summed E-state index contributed by atoms with van der Waals surface area (Å²) in [4.78, 5) is 0. The molecular formula is C21H24NO2W-. The molecule has 0 aromatic heterocycles. The number of para-hydroxylation sites is 1. The van der Waals surface area contributed by atoms with Gasteiger partial charge in [-0.3, -0.25) is 0 Å². The van der Waals surface area contributed by atoms with E-state index in [-0.39, 0.29) is 26.8 Å². The zero-order valence-corrected chi connectivity index (χ0v) is 17.3. The molecule has 0 heterocycles. The molecule has 1 aliphatic carbocycles. The number of allylic oxidation sites excluding steroid dienone is 2. The summed E-state index contributed by atoms with van der Waals surface area (Å²) < 4.78 is 5.60. The molecule has 0 fully saturated rings. The molecule has 0 unspecified atom stereocenters. The molecule has 25 heavy (non-hydrogen) atoms. The largest absolute Gasteiger partial charge is 0.561 e. The van der Waals surface area contributed by atoms with Crippen molar-refractivity contribution in [2.45, 2.75) is 25.8 Å². The molecule has 0 spiro atoms. The second kappa shape index (κ2) is 9.70. The Bertz CT molecular complexity index is 728. The minimum atomic E-state index is 0. The first-order chi connectivity index (χ1) is 11.7. The summed E-state index contributed by atoms with van der Waals surface area (Å²) in [6, 6.07) is 14.1. The Labute approximate surface area is 164 Å². The molecule has 3 rings (SSSR count). The molecule has 0 bridgehead atoms. The van der Waals surface area contributed by atoms with Crippen molar-refractivity contribution in [3.05, 3.63) is 72.2 Å². The summed E-state index contributed by atoms with van der Waals surface area (Å²) in [6.07, 6.45) is 6.02. The van der Waals surface area contributed by atoms with E-state index in [1.54, 1.807) is 12.1 Å². The average Bonchev–Trinajstić information content (AvgIpc) is 3.13. The number of hydrogen-bond acceptors (Lipinski definition) is 3. The van der Waals surface area contributed by atoms with Crippen LogP contribution in [0.25, 0.3) is 5.57 Å². The third-order valence-corrected chi connectivity index (χ3v) is 4.29. The quantitative estimate of drug-likeness (QED) is 0.435. The Morgan fingerprint density at radius 2 is 2.00 bits per heavy atom. The number of hydrogen-bond donors (Lipinski definition) is 2. The van der Waals surface area contributed by atoms with Crippen molar-refractivity contribution in [2.24, 2.45) is 0 Å². The topological polar surface area (TPSA) is 41.5 Å². The normalized spacial score (nSPS) is 13.2. The van der Waals surface area contributed by atoms with Crippen LogP contribution in [-0.2, 0) is 27.6 Å². The van der Waals surface area contributed by atoms with Crippen LogP contribution in [-0.4, -0.2) is 18.3 Å². The second-order valence-electron chi connectivity index (χ2n) is 6.11. The first-order valence-electron chi connectivity index (χ1n) is 8.50. The SMILES string of the molecule is [CH2-]c1cccc(OCCNCc2cccc(C3=CCCC3)c2)c1O.[W]. The predicted octanol–water partition coefficient (Wildman–Crippen LogP) is 4.31. The Morgan fingerprint density at radius 1 is 1.16 bits per heavy atom. The van der Waals surface area contributed by atoms with Gasteiger partial charge < -0.3 is 15.2 Å². The molecule has 2 aromatic rings. The van der Waals surface area contributed by atoms with E-state index in [0.717, 1.165) is 6.54 Å². The number of phenolic OH excluding ortho intramolecular Hbond substituents is 1. The summed E-state index contributed by atoms with van der Waals surface area (Å²) in [5, 5.41) is 13.2. The Balaban J connectivity index is 0.00000225. The number of nitrogens with one attached hydrogen (secondary N) is 1. The molecule has 0 saturated carbocycles. The average molecular weight is 506 g/mol. The molecule has 0 radical (unpaired) electrons. The fraction of sp³-hybridized carbons (Fsp3) is 0.286. The number of phenols is 1. The van der Waals surface area contributed by atoms with Gasteiger partial charge in [0.25, 0.3) is 0 Å². The number of rotatable bonds is 7. The first kappa shape index (κ1) is 19.6. The van der Waals surface area contributed by atoms with Gasteiger partial charge in [0, 0.05) is 34.2 Å². The van der Waals surface area contributed by atoms with Gasteiger partial charge in [0.1, 0.15) is 5.75 Å². The fourth-order valence-electron chi connectivity index (χ4n) is 2.96. The monoisotopic (exact) mass is 506 g/mol. The predicted molar refractivity (Wildman–Crippen MR) is 98.0 cm³/mol. The van der Waals surface area contributed by atoms with E-state index in [1.165, 1.54) is 36.0 Å². The van der Waals surface area contributed by atoms with Crippen molar-refractivity contribution < 1.29 is 30.9 Å². The van der Waals surface area contributed by atoms with Crippen molar-refractivity contribution >= 4 is 5.57 Å². The van der Waals surface area contributed by atoms with E-state index in [2.05, 4.69) is 42.6 Å². The zero-order chi connectivity index (χ0) is 16.8. The van der Waals surface area contributed by atoms with E-state index in [0.29, 0.717) is 24.5 Å². The summed E-state index contributed by atoms with van der Waals surface area (Å²) in [6.45, 7) is 5.78. The smallest absolute Gasteiger partial charge is 0.104 e. The third kappa shape index (κ3) is 5.39. The fourth-order valence-corrected chi connectivity index (χ4v) is 2.96. The second-order valence-corrected chi connectivity index (χ2v) is 6.11. The molecule has 0 atom stereocenters. The van der Waals surface area contributed by atoms with Gasteiger partial charge in [-0.05, 0) is 42.0 Å². The van der Waals surface area contributed by atoms with Crippen LogP contribution in [0, 0.1) is 6.92 Å². The Kier molecular flexibility index (Phi) is 7.61. The maximum atomic E-state index is 9.85. The summed E-state index contributed by atoms with van der Waals surface area (Å²) >= 11 is 0. The van der Waals surface area contributed by atoms with Crippen LogP contribution < -0.4 is 10.1 Å². The minimum absolute atomic E-state index is 0. The maximum absolute atomic E-state index is 9.85. The Morgan fingerprint density at radius 3 is 2.80 bits per heavy atom. The molecular weight excluding hydrogens is 482 g/mol. The van der Waals surface area contributed by atoms with Crippen molar-refractivity contribution in [3.8, 4) is 11.5 Å². The molecule has 2 aromatic carbocycles. The summed E-state index contributed by atoms with van der Waals surface area (Å²) in [5.74, 6) is 0.606. The van der Waals surface area contributed by atoms with Crippen LogP contribution in [0.3, 0.4) is 0 Å². The molecule has 132 valence electrons. The van der Waals surface area contributed by atoms with Crippen LogP contribution in [0.15, 0.2) is 48.5 Å². The third-order valence-electron chi connectivity index (χ3n) is 4.29. The Hall–Kier alpha value is -1.70. The van der Waals surface area contributed by atoms with Gasteiger partial charge in [-0.1, -0.05) is 30.3 Å². The molecule has 0 saturated heterocycles. The van der Waals surface area contributed by atoms with Crippen molar-refractivity contribution in [1.82, 2.24) is 5.32 Å². The van der Waals surface area contributed by atoms with Crippen LogP contribution in [0.4, 0.5) is 0 Å². The number of ether oxygens (including phenoxy) is 1. The van der Waals surface area contributed by atoms with Crippen molar-refractivity contribution in [1.29, 1.82) is 0 Å². The van der Waals surface area contributed by atoms with Gasteiger partial charge in [0.15, 0.2) is 0 Å². The van der Waals surface area contributed by atoms with E-state index < -0.39 is 0 Å². The number of aromatic hydroxyl groups is 1. The minimum Gasteiger partial charge on any atom is -0.561 e. The van der Waals surface area contributed by atoms with Crippen LogP contribution in [0.5, 0.6) is 11.5 Å². The first-order valence-corrected chi connectivity index (χ1v) is 8.50. The van der Waals surface area contributed by atoms with Crippen LogP contribution in [0.2, 0.25) is 0 Å². The summed E-state index contributed by atoms with van der Waals surface area (Å²) in [5.41, 5.74) is 4.69. The van der Waals surface area contributed by atoms with Crippen LogP contribution in [0.1, 0.15) is 36.0 Å². The zero-order valence-electron chi connectivity index (χ0n) is 14.3. The number of benzene rings is 2.